The SMILES string of the molecule is COc1cc2[nH]cc(-c3cccc(Cl)c3)c(=O)c2c(O)c1OC. The second kappa shape index (κ2) is 5.85. The molecule has 2 aromatic carbocycles. The molecule has 1 heterocycles. The minimum absolute atomic E-state index is 0.119. The summed E-state index contributed by atoms with van der Waals surface area (Å²) in [6.07, 6.45) is 1.59. The number of hydrogen-bond donors (Lipinski definition) is 2. The van der Waals surface area contributed by atoms with Crippen LogP contribution < -0.4 is 14.9 Å². The number of aromatic hydroxyl groups is 1. The van der Waals surface area contributed by atoms with Crippen molar-refractivity contribution in [2.45, 2.75) is 0 Å². The van der Waals surface area contributed by atoms with Gasteiger partial charge in [0.2, 0.25) is 11.2 Å². The standard InChI is InChI=1S/C17H14ClNO4/c1-22-13-7-12-14(16(21)17(13)23-2)15(20)11(8-19-12)9-4-3-5-10(18)6-9/h3-8,21H,1-2H3,(H,19,20). The van der Waals surface area contributed by atoms with Crippen LogP contribution in [0, 0.1) is 0 Å². The number of benzene rings is 2. The fourth-order valence-corrected chi connectivity index (χ4v) is 2.73. The van der Waals surface area contributed by atoms with Gasteiger partial charge in [-0.15, -0.1) is 0 Å². The van der Waals surface area contributed by atoms with Gasteiger partial charge in [-0.2, -0.15) is 0 Å². The van der Waals surface area contributed by atoms with Crippen molar-refractivity contribution in [1.82, 2.24) is 4.98 Å². The van der Waals surface area contributed by atoms with E-state index in [-0.39, 0.29) is 22.3 Å². The maximum Gasteiger partial charge on any atom is 0.203 e. The minimum atomic E-state index is -0.320. The highest BCUT2D eigenvalue weighted by Crippen LogP contribution is 2.41. The van der Waals surface area contributed by atoms with Crippen LogP contribution in [-0.4, -0.2) is 24.3 Å². The first-order chi connectivity index (χ1) is 11.1. The summed E-state index contributed by atoms with van der Waals surface area (Å²) >= 11 is 5.99. The van der Waals surface area contributed by atoms with Gasteiger partial charge in [0.1, 0.15) is 0 Å². The molecular formula is C17H14ClNO4. The van der Waals surface area contributed by atoms with Gasteiger partial charge in [-0.1, -0.05) is 23.7 Å². The summed E-state index contributed by atoms with van der Waals surface area (Å²) in [5, 5.41) is 11.1. The molecule has 23 heavy (non-hydrogen) atoms. The molecule has 118 valence electrons. The van der Waals surface area contributed by atoms with Crippen LogP contribution in [0.2, 0.25) is 5.02 Å². The fourth-order valence-electron chi connectivity index (χ4n) is 2.54. The molecule has 0 atom stereocenters. The van der Waals surface area contributed by atoms with Crippen LogP contribution in [0.4, 0.5) is 0 Å². The number of phenols is 1. The largest absolute Gasteiger partial charge is 0.504 e. The van der Waals surface area contributed by atoms with E-state index in [1.54, 1.807) is 36.5 Å². The van der Waals surface area contributed by atoms with Crippen LogP contribution in [0.5, 0.6) is 17.2 Å². The van der Waals surface area contributed by atoms with Gasteiger partial charge in [0.05, 0.1) is 25.1 Å². The average Bonchev–Trinajstić information content (AvgIpc) is 2.54. The Balaban J connectivity index is 2.35. The monoisotopic (exact) mass is 331 g/mol. The molecule has 0 radical (unpaired) electrons. The zero-order valence-corrected chi connectivity index (χ0v) is 13.3. The Morgan fingerprint density at radius 2 is 1.96 bits per heavy atom. The van der Waals surface area contributed by atoms with Crippen molar-refractivity contribution in [1.29, 1.82) is 0 Å². The van der Waals surface area contributed by atoms with Gasteiger partial charge in [0.25, 0.3) is 0 Å². The summed E-state index contributed by atoms with van der Waals surface area (Å²) in [7, 11) is 2.86. The number of aromatic amines is 1. The highest BCUT2D eigenvalue weighted by atomic mass is 35.5. The molecule has 0 fully saturated rings. The number of H-pyrrole nitrogens is 1. The van der Waals surface area contributed by atoms with Gasteiger partial charge in [-0.25, -0.2) is 0 Å². The van der Waals surface area contributed by atoms with Crippen molar-refractivity contribution in [3.63, 3.8) is 0 Å². The predicted octanol–water partition coefficient (Wildman–Crippen LogP) is 3.57. The average molecular weight is 332 g/mol. The molecule has 0 spiro atoms. The van der Waals surface area contributed by atoms with E-state index in [1.165, 1.54) is 14.2 Å². The maximum atomic E-state index is 12.8. The van der Waals surface area contributed by atoms with E-state index >= 15 is 0 Å². The van der Waals surface area contributed by atoms with Gasteiger partial charge in [0.15, 0.2) is 11.5 Å². The number of phenolic OH excluding ortho intramolecular Hbond substituents is 1. The molecule has 0 aliphatic carbocycles. The van der Waals surface area contributed by atoms with Crippen molar-refractivity contribution in [2.24, 2.45) is 0 Å². The van der Waals surface area contributed by atoms with Crippen molar-refractivity contribution in [3.05, 3.63) is 51.8 Å². The molecular weight excluding hydrogens is 318 g/mol. The van der Waals surface area contributed by atoms with Crippen molar-refractivity contribution in [2.75, 3.05) is 14.2 Å². The molecule has 3 rings (SSSR count). The van der Waals surface area contributed by atoms with E-state index < -0.39 is 0 Å². The molecule has 0 bridgehead atoms. The molecule has 1 aromatic heterocycles. The molecule has 2 N–H and O–H groups in total. The lowest BCUT2D eigenvalue weighted by Crippen LogP contribution is -2.07. The number of fused-ring (bicyclic) bond motifs is 1. The zero-order chi connectivity index (χ0) is 16.6. The molecule has 3 aromatic rings. The highest BCUT2D eigenvalue weighted by molar-refractivity contribution is 6.30. The van der Waals surface area contributed by atoms with Crippen LogP contribution in [0.3, 0.4) is 0 Å². The van der Waals surface area contributed by atoms with E-state index in [2.05, 4.69) is 4.98 Å². The third-order valence-electron chi connectivity index (χ3n) is 3.62. The van der Waals surface area contributed by atoms with Crippen LogP contribution in [0.25, 0.3) is 22.0 Å². The van der Waals surface area contributed by atoms with Gasteiger partial charge in [-0.3, -0.25) is 4.79 Å². The number of hydrogen-bond acceptors (Lipinski definition) is 4. The number of methoxy groups -OCH3 is 2. The Hall–Kier alpha value is -2.66. The third-order valence-corrected chi connectivity index (χ3v) is 3.86. The molecule has 0 amide bonds. The number of halogens is 1. The summed E-state index contributed by atoms with van der Waals surface area (Å²) in [5.74, 6) is 0.198. The first-order valence-electron chi connectivity index (χ1n) is 6.82. The lowest BCUT2D eigenvalue weighted by Gasteiger charge is -2.12. The Kier molecular flexibility index (Phi) is 3.88. The number of nitrogens with one attached hydrogen (secondary N) is 1. The summed E-state index contributed by atoms with van der Waals surface area (Å²) < 4.78 is 10.3. The van der Waals surface area contributed by atoms with E-state index in [1.807, 2.05) is 0 Å². The molecule has 5 nitrogen and oxygen atoms in total. The first-order valence-corrected chi connectivity index (χ1v) is 7.20. The molecule has 0 aliphatic rings. The van der Waals surface area contributed by atoms with Gasteiger partial charge >= 0.3 is 0 Å². The maximum absolute atomic E-state index is 12.8. The van der Waals surface area contributed by atoms with Crippen LogP contribution in [-0.2, 0) is 0 Å². The first kappa shape index (κ1) is 15.2. The molecule has 6 heteroatoms. The number of aromatic nitrogens is 1. The second-order valence-corrected chi connectivity index (χ2v) is 5.36. The summed E-state index contributed by atoms with van der Waals surface area (Å²) in [4.78, 5) is 15.8. The minimum Gasteiger partial charge on any atom is -0.504 e. The normalized spacial score (nSPS) is 10.7. The Morgan fingerprint density at radius 3 is 2.61 bits per heavy atom. The summed E-state index contributed by atoms with van der Waals surface area (Å²) in [5.41, 5.74) is 1.20. The fraction of sp³-hybridized carbons (Fsp3) is 0.118. The molecule has 0 saturated heterocycles. The Morgan fingerprint density at radius 1 is 1.17 bits per heavy atom. The van der Waals surface area contributed by atoms with Crippen LogP contribution in [0.1, 0.15) is 0 Å². The third kappa shape index (κ3) is 2.49. The zero-order valence-electron chi connectivity index (χ0n) is 12.5. The van der Waals surface area contributed by atoms with Crippen molar-refractivity contribution >= 4 is 22.5 Å². The second-order valence-electron chi connectivity index (χ2n) is 4.93. The lowest BCUT2D eigenvalue weighted by atomic mass is 10.0. The predicted molar refractivity (Wildman–Crippen MR) is 89.8 cm³/mol. The van der Waals surface area contributed by atoms with E-state index in [4.69, 9.17) is 21.1 Å². The van der Waals surface area contributed by atoms with E-state index in [0.717, 1.165) is 0 Å². The van der Waals surface area contributed by atoms with Crippen molar-refractivity contribution in [3.8, 4) is 28.4 Å². The smallest absolute Gasteiger partial charge is 0.203 e. The van der Waals surface area contributed by atoms with E-state index in [9.17, 15) is 9.90 Å². The number of rotatable bonds is 3. The summed E-state index contributed by atoms with van der Waals surface area (Å²) in [6, 6.07) is 8.56. The van der Waals surface area contributed by atoms with Gasteiger partial charge < -0.3 is 19.6 Å². The van der Waals surface area contributed by atoms with Gasteiger partial charge in [0, 0.05) is 22.8 Å². The summed E-state index contributed by atoms with van der Waals surface area (Å²) in [6.45, 7) is 0. The highest BCUT2D eigenvalue weighted by Gasteiger charge is 2.19. The van der Waals surface area contributed by atoms with Gasteiger partial charge in [-0.05, 0) is 17.7 Å². The lowest BCUT2D eigenvalue weighted by molar-refractivity contribution is 0.335. The van der Waals surface area contributed by atoms with Crippen LogP contribution in [0.15, 0.2) is 41.3 Å². The molecule has 0 unspecified atom stereocenters. The number of pyridine rings is 1. The molecule has 0 saturated carbocycles. The van der Waals surface area contributed by atoms with Crippen molar-refractivity contribution < 1.29 is 14.6 Å². The molecule has 0 aliphatic heterocycles. The quantitative estimate of drug-likeness (QED) is 0.769. The van der Waals surface area contributed by atoms with Crippen LogP contribution >= 0.6 is 11.6 Å². The Bertz CT molecular complexity index is 949. The van der Waals surface area contributed by atoms with E-state index in [0.29, 0.717) is 27.4 Å². The number of ether oxygens (including phenoxy) is 2. The topological polar surface area (TPSA) is 71.6 Å². The Labute approximate surface area is 137 Å².